The first-order valence-corrected chi connectivity index (χ1v) is 7.80. The van der Waals surface area contributed by atoms with Crippen LogP contribution in [0.4, 0.5) is 0 Å². The molecular formula is C20H20N2O. The van der Waals surface area contributed by atoms with Gasteiger partial charge >= 0.3 is 0 Å². The normalized spacial score (nSPS) is 11.2. The molecule has 1 amide bonds. The minimum atomic E-state index is -0.0667. The molecule has 0 radical (unpaired) electrons. The molecule has 0 spiro atoms. The molecule has 3 nitrogen and oxygen atoms in total. The molecule has 0 fully saturated rings. The highest BCUT2D eigenvalue weighted by Gasteiger charge is 2.04. The second-order valence-corrected chi connectivity index (χ2v) is 5.53. The number of aromatic nitrogens is 1. The SMILES string of the molecule is Cc1cc2ccccc2n1CCNC(=O)C=Cc1ccccc1. The number of rotatable bonds is 5. The smallest absolute Gasteiger partial charge is 0.244 e. The van der Waals surface area contributed by atoms with Gasteiger partial charge in [-0.15, -0.1) is 0 Å². The van der Waals surface area contributed by atoms with Gasteiger partial charge in [0, 0.05) is 30.4 Å². The predicted octanol–water partition coefficient (Wildman–Crippen LogP) is 3.78. The predicted molar refractivity (Wildman–Crippen MR) is 95.2 cm³/mol. The second kappa shape index (κ2) is 6.97. The Balaban J connectivity index is 1.57. The maximum atomic E-state index is 11.9. The minimum Gasteiger partial charge on any atom is -0.351 e. The zero-order valence-corrected chi connectivity index (χ0v) is 13.2. The van der Waals surface area contributed by atoms with Crippen molar-refractivity contribution in [2.24, 2.45) is 0 Å². The van der Waals surface area contributed by atoms with Gasteiger partial charge in [0.2, 0.25) is 5.91 Å². The van der Waals surface area contributed by atoms with Gasteiger partial charge in [-0.25, -0.2) is 0 Å². The summed E-state index contributed by atoms with van der Waals surface area (Å²) in [5, 5.41) is 4.17. The average Bonchev–Trinajstić information content (AvgIpc) is 2.90. The van der Waals surface area contributed by atoms with Crippen LogP contribution in [0.2, 0.25) is 0 Å². The molecule has 2 aromatic carbocycles. The fourth-order valence-corrected chi connectivity index (χ4v) is 2.73. The van der Waals surface area contributed by atoms with E-state index in [1.54, 1.807) is 6.08 Å². The first kappa shape index (κ1) is 15.1. The Bertz CT molecular complexity index is 831. The highest BCUT2D eigenvalue weighted by Crippen LogP contribution is 2.18. The van der Waals surface area contributed by atoms with Gasteiger partial charge in [-0.2, -0.15) is 0 Å². The highest BCUT2D eigenvalue weighted by molar-refractivity contribution is 5.91. The van der Waals surface area contributed by atoms with E-state index in [0.29, 0.717) is 6.54 Å². The molecule has 1 heterocycles. The molecule has 0 unspecified atom stereocenters. The lowest BCUT2D eigenvalue weighted by molar-refractivity contribution is -0.116. The molecule has 116 valence electrons. The molecule has 0 atom stereocenters. The third-order valence-corrected chi connectivity index (χ3v) is 3.88. The van der Waals surface area contributed by atoms with Gasteiger partial charge in [-0.1, -0.05) is 48.5 Å². The topological polar surface area (TPSA) is 34.0 Å². The van der Waals surface area contributed by atoms with Gasteiger partial charge in [-0.3, -0.25) is 4.79 Å². The molecule has 0 aliphatic rings. The summed E-state index contributed by atoms with van der Waals surface area (Å²) in [6, 6.07) is 20.3. The number of hydrogen-bond acceptors (Lipinski definition) is 1. The number of benzene rings is 2. The number of nitrogens with one attached hydrogen (secondary N) is 1. The van der Waals surface area contributed by atoms with E-state index in [0.717, 1.165) is 12.1 Å². The summed E-state index contributed by atoms with van der Waals surface area (Å²) in [5.74, 6) is -0.0667. The quantitative estimate of drug-likeness (QED) is 0.715. The lowest BCUT2D eigenvalue weighted by Gasteiger charge is -2.08. The lowest BCUT2D eigenvalue weighted by Crippen LogP contribution is -2.25. The van der Waals surface area contributed by atoms with Crippen molar-refractivity contribution in [3.63, 3.8) is 0 Å². The van der Waals surface area contributed by atoms with Gasteiger partial charge in [-0.05, 0) is 36.1 Å². The van der Waals surface area contributed by atoms with Gasteiger partial charge in [0.25, 0.3) is 0 Å². The van der Waals surface area contributed by atoms with Crippen LogP contribution in [0.3, 0.4) is 0 Å². The van der Waals surface area contributed by atoms with Crippen LogP contribution in [0.15, 0.2) is 66.7 Å². The monoisotopic (exact) mass is 304 g/mol. The second-order valence-electron chi connectivity index (χ2n) is 5.53. The van der Waals surface area contributed by atoms with Gasteiger partial charge in [0.15, 0.2) is 0 Å². The number of fused-ring (bicyclic) bond motifs is 1. The van der Waals surface area contributed by atoms with Crippen LogP contribution in [0, 0.1) is 6.92 Å². The average molecular weight is 304 g/mol. The summed E-state index contributed by atoms with van der Waals surface area (Å²) in [6.45, 7) is 3.47. The fraction of sp³-hybridized carbons (Fsp3) is 0.150. The Morgan fingerprint density at radius 3 is 2.65 bits per heavy atom. The van der Waals surface area contributed by atoms with E-state index in [9.17, 15) is 4.79 Å². The first-order chi connectivity index (χ1) is 11.2. The van der Waals surface area contributed by atoms with E-state index in [4.69, 9.17) is 0 Å². The summed E-state index contributed by atoms with van der Waals surface area (Å²) in [6.07, 6.45) is 3.40. The van der Waals surface area contributed by atoms with Crippen LogP contribution in [-0.4, -0.2) is 17.0 Å². The van der Waals surface area contributed by atoms with E-state index in [1.807, 2.05) is 48.5 Å². The summed E-state index contributed by atoms with van der Waals surface area (Å²) in [5.41, 5.74) is 3.44. The summed E-state index contributed by atoms with van der Waals surface area (Å²) < 4.78 is 2.23. The standard InChI is InChI=1S/C20H20N2O/c1-16-15-18-9-5-6-10-19(18)22(16)14-13-21-20(23)12-11-17-7-3-2-4-8-17/h2-12,15H,13-14H2,1H3,(H,21,23). The van der Waals surface area contributed by atoms with Crippen LogP contribution in [-0.2, 0) is 11.3 Å². The van der Waals surface area contributed by atoms with Crippen molar-refractivity contribution in [3.05, 3.63) is 78.0 Å². The van der Waals surface area contributed by atoms with Crippen molar-refractivity contribution in [2.45, 2.75) is 13.5 Å². The van der Waals surface area contributed by atoms with Crippen LogP contribution >= 0.6 is 0 Å². The van der Waals surface area contributed by atoms with E-state index in [2.05, 4.69) is 35.0 Å². The highest BCUT2D eigenvalue weighted by atomic mass is 16.1. The number of aryl methyl sites for hydroxylation is 1. The van der Waals surface area contributed by atoms with Crippen molar-refractivity contribution in [2.75, 3.05) is 6.54 Å². The summed E-state index contributed by atoms with van der Waals surface area (Å²) in [4.78, 5) is 11.9. The van der Waals surface area contributed by atoms with E-state index < -0.39 is 0 Å². The summed E-state index contributed by atoms with van der Waals surface area (Å²) in [7, 11) is 0. The van der Waals surface area contributed by atoms with Gasteiger partial charge in [0.1, 0.15) is 0 Å². The molecule has 3 aromatic rings. The maximum Gasteiger partial charge on any atom is 0.244 e. The molecule has 0 saturated heterocycles. The number of hydrogen-bond donors (Lipinski definition) is 1. The van der Waals surface area contributed by atoms with Gasteiger partial charge < -0.3 is 9.88 Å². The zero-order chi connectivity index (χ0) is 16.1. The maximum absolute atomic E-state index is 11.9. The number of para-hydroxylation sites is 1. The minimum absolute atomic E-state index is 0.0667. The van der Waals surface area contributed by atoms with Crippen molar-refractivity contribution in [1.29, 1.82) is 0 Å². The number of nitrogens with zero attached hydrogens (tertiary/aromatic N) is 1. The number of amides is 1. The third-order valence-electron chi connectivity index (χ3n) is 3.88. The fourth-order valence-electron chi connectivity index (χ4n) is 2.73. The molecule has 3 rings (SSSR count). The molecule has 0 aliphatic carbocycles. The Morgan fingerprint density at radius 1 is 1.09 bits per heavy atom. The molecular weight excluding hydrogens is 284 g/mol. The molecule has 1 N–H and O–H groups in total. The first-order valence-electron chi connectivity index (χ1n) is 7.80. The Labute approximate surface area is 136 Å². The van der Waals surface area contributed by atoms with Crippen molar-refractivity contribution in [3.8, 4) is 0 Å². The van der Waals surface area contributed by atoms with Gasteiger partial charge in [0.05, 0.1) is 0 Å². The van der Waals surface area contributed by atoms with Crippen molar-refractivity contribution < 1.29 is 4.79 Å². The third kappa shape index (κ3) is 3.69. The van der Waals surface area contributed by atoms with Crippen LogP contribution in [0.1, 0.15) is 11.3 Å². The van der Waals surface area contributed by atoms with Crippen molar-refractivity contribution >= 4 is 22.9 Å². The Morgan fingerprint density at radius 2 is 1.83 bits per heavy atom. The summed E-state index contributed by atoms with van der Waals surface area (Å²) >= 11 is 0. The van der Waals surface area contributed by atoms with E-state index >= 15 is 0 Å². The molecule has 3 heteroatoms. The van der Waals surface area contributed by atoms with Crippen LogP contribution in [0.5, 0.6) is 0 Å². The Hall–Kier alpha value is -2.81. The van der Waals surface area contributed by atoms with E-state index in [-0.39, 0.29) is 5.91 Å². The van der Waals surface area contributed by atoms with Crippen LogP contribution in [0.25, 0.3) is 17.0 Å². The largest absolute Gasteiger partial charge is 0.351 e. The number of carbonyl (C=O) groups excluding carboxylic acids is 1. The zero-order valence-electron chi connectivity index (χ0n) is 13.2. The number of carbonyl (C=O) groups is 1. The molecule has 0 saturated carbocycles. The lowest BCUT2D eigenvalue weighted by atomic mass is 10.2. The molecule has 1 aromatic heterocycles. The molecule has 0 bridgehead atoms. The molecule has 23 heavy (non-hydrogen) atoms. The van der Waals surface area contributed by atoms with Crippen molar-refractivity contribution in [1.82, 2.24) is 9.88 Å². The Kier molecular flexibility index (Phi) is 4.57. The van der Waals surface area contributed by atoms with Crippen LogP contribution < -0.4 is 5.32 Å². The van der Waals surface area contributed by atoms with E-state index in [1.165, 1.54) is 16.6 Å². The molecule has 0 aliphatic heterocycles.